The molecule has 1 aliphatic rings. The molecule has 0 bridgehead atoms. The zero-order valence-corrected chi connectivity index (χ0v) is 17.2. The van der Waals surface area contributed by atoms with Gasteiger partial charge in [-0.3, -0.25) is 9.59 Å². The third kappa shape index (κ3) is 4.82. The van der Waals surface area contributed by atoms with Gasteiger partial charge in [0, 0.05) is 12.2 Å². The molecule has 0 unspecified atom stereocenters. The number of aryl methyl sites for hydroxylation is 1. The summed E-state index contributed by atoms with van der Waals surface area (Å²) in [6.45, 7) is 0.645. The predicted molar refractivity (Wildman–Crippen MR) is 119 cm³/mol. The largest absolute Gasteiger partial charge is 0.355 e. The van der Waals surface area contributed by atoms with Gasteiger partial charge in [0.1, 0.15) is 5.82 Å². The second kappa shape index (κ2) is 9.13. The molecule has 1 saturated carbocycles. The van der Waals surface area contributed by atoms with Crippen LogP contribution in [0, 0.1) is 5.82 Å². The quantitative estimate of drug-likeness (QED) is 0.515. The van der Waals surface area contributed by atoms with Gasteiger partial charge in [-0.1, -0.05) is 54.6 Å². The molecular weight excluding hydrogens is 391 g/mol. The molecule has 2 N–H and O–H groups in total. The number of nitrogens with one attached hydrogen (secondary N) is 2. The second-order valence-corrected chi connectivity index (χ2v) is 7.94. The van der Waals surface area contributed by atoms with Crippen LogP contribution < -0.4 is 10.6 Å². The molecule has 0 heterocycles. The van der Waals surface area contributed by atoms with E-state index in [2.05, 4.69) is 22.8 Å². The molecule has 0 aliphatic heterocycles. The fourth-order valence-corrected chi connectivity index (χ4v) is 3.80. The number of benzene rings is 3. The van der Waals surface area contributed by atoms with Gasteiger partial charge in [0.05, 0.1) is 11.0 Å². The number of amides is 2. The highest BCUT2D eigenvalue weighted by atomic mass is 19.1. The van der Waals surface area contributed by atoms with E-state index in [0.29, 0.717) is 12.2 Å². The lowest BCUT2D eigenvalue weighted by Gasteiger charge is -2.16. The van der Waals surface area contributed by atoms with Crippen molar-refractivity contribution in [1.29, 1.82) is 0 Å². The number of anilines is 1. The first-order valence-electron chi connectivity index (χ1n) is 10.6. The minimum Gasteiger partial charge on any atom is -0.355 e. The van der Waals surface area contributed by atoms with Gasteiger partial charge in [-0.05, 0) is 61.1 Å². The molecule has 2 amide bonds. The smallest absolute Gasteiger partial charge is 0.258 e. The number of carbonyl (C=O) groups excluding carboxylic acids is 2. The third-order valence-corrected chi connectivity index (χ3v) is 5.77. The summed E-state index contributed by atoms with van der Waals surface area (Å²) in [5.41, 5.74) is 2.31. The summed E-state index contributed by atoms with van der Waals surface area (Å²) in [6, 6.07) is 23.4. The summed E-state index contributed by atoms with van der Waals surface area (Å²) >= 11 is 0. The van der Waals surface area contributed by atoms with Gasteiger partial charge in [-0.25, -0.2) is 4.39 Å². The molecule has 158 valence electrons. The molecule has 0 atom stereocenters. The molecule has 3 aromatic carbocycles. The van der Waals surface area contributed by atoms with Crippen molar-refractivity contribution >= 4 is 17.5 Å². The topological polar surface area (TPSA) is 58.2 Å². The summed E-state index contributed by atoms with van der Waals surface area (Å²) in [5.74, 6) is -0.996. The maximum Gasteiger partial charge on any atom is 0.258 e. The molecule has 1 fully saturated rings. The zero-order chi connectivity index (χ0) is 21.7. The Bertz CT molecular complexity index is 1060. The molecule has 4 nitrogen and oxygen atoms in total. The maximum absolute atomic E-state index is 13.8. The first-order chi connectivity index (χ1) is 15.1. The van der Waals surface area contributed by atoms with Crippen molar-refractivity contribution in [3.63, 3.8) is 0 Å². The van der Waals surface area contributed by atoms with Gasteiger partial charge < -0.3 is 10.6 Å². The average Bonchev–Trinajstić information content (AvgIpc) is 3.60. The lowest BCUT2D eigenvalue weighted by atomic mass is 9.94. The number of hydrogen-bond donors (Lipinski definition) is 2. The Balaban J connectivity index is 1.32. The van der Waals surface area contributed by atoms with Crippen molar-refractivity contribution < 1.29 is 14.0 Å². The Morgan fingerprint density at radius 3 is 2.23 bits per heavy atom. The van der Waals surface area contributed by atoms with Gasteiger partial charge in [-0.15, -0.1) is 0 Å². The molecule has 1 aliphatic carbocycles. The number of hydrogen-bond acceptors (Lipinski definition) is 2. The first-order valence-corrected chi connectivity index (χ1v) is 10.6. The van der Waals surface area contributed by atoms with Crippen LogP contribution in [0.2, 0.25) is 0 Å². The third-order valence-electron chi connectivity index (χ3n) is 5.77. The van der Waals surface area contributed by atoms with Crippen LogP contribution in [0.4, 0.5) is 10.1 Å². The summed E-state index contributed by atoms with van der Waals surface area (Å²) < 4.78 is 13.8. The standard InChI is InChI=1S/C26H25FN2O2/c27-23-11-5-4-10-22(23)24(30)29-21-14-12-20(13-15-21)26(16-17-26)25(31)28-18-6-9-19-7-2-1-3-8-19/h1-5,7-8,10-15H,6,9,16-18H2,(H,28,31)(H,29,30). The van der Waals surface area contributed by atoms with Crippen molar-refractivity contribution in [3.05, 3.63) is 101 Å². The maximum atomic E-state index is 13.8. The minimum absolute atomic E-state index is 0.000111. The van der Waals surface area contributed by atoms with E-state index in [1.807, 2.05) is 30.3 Å². The van der Waals surface area contributed by atoms with Crippen molar-refractivity contribution in [2.24, 2.45) is 0 Å². The van der Waals surface area contributed by atoms with Crippen LogP contribution in [0.5, 0.6) is 0 Å². The molecule has 5 heteroatoms. The van der Waals surface area contributed by atoms with Crippen LogP contribution in [0.1, 0.15) is 40.7 Å². The van der Waals surface area contributed by atoms with Gasteiger partial charge >= 0.3 is 0 Å². The number of halogens is 1. The Morgan fingerprint density at radius 2 is 1.55 bits per heavy atom. The van der Waals surface area contributed by atoms with Crippen LogP contribution in [-0.2, 0) is 16.6 Å². The molecule has 3 aromatic rings. The van der Waals surface area contributed by atoms with E-state index in [1.165, 1.54) is 17.7 Å². The second-order valence-electron chi connectivity index (χ2n) is 7.94. The van der Waals surface area contributed by atoms with Crippen LogP contribution in [0.15, 0.2) is 78.9 Å². The van der Waals surface area contributed by atoms with E-state index in [9.17, 15) is 14.0 Å². The Labute approximate surface area is 181 Å². The SMILES string of the molecule is O=C(Nc1ccc(C2(C(=O)NCCCc3ccccc3)CC2)cc1)c1ccccc1F. The summed E-state index contributed by atoms with van der Waals surface area (Å²) in [7, 11) is 0. The highest BCUT2D eigenvalue weighted by molar-refractivity contribution is 6.04. The van der Waals surface area contributed by atoms with E-state index in [4.69, 9.17) is 0 Å². The van der Waals surface area contributed by atoms with Crippen molar-refractivity contribution in [2.45, 2.75) is 31.1 Å². The molecule has 0 aromatic heterocycles. The van der Waals surface area contributed by atoms with Crippen molar-refractivity contribution in [1.82, 2.24) is 5.32 Å². The molecule has 4 rings (SSSR count). The predicted octanol–water partition coefficient (Wildman–Crippen LogP) is 4.86. The van der Waals surface area contributed by atoms with E-state index in [-0.39, 0.29) is 11.5 Å². The van der Waals surface area contributed by atoms with Gasteiger partial charge in [0.25, 0.3) is 5.91 Å². The lowest BCUT2D eigenvalue weighted by molar-refractivity contribution is -0.123. The first kappa shape index (κ1) is 20.8. The van der Waals surface area contributed by atoms with E-state index in [1.54, 1.807) is 24.3 Å². The number of rotatable bonds is 8. The van der Waals surface area contributed by atoms with Crippen LogP contribution in [0.25, 0.3) is 0 Å². The highest BCUT2D eigenvalue weighted by Gasteiger charge is 2.50. The van der Waals surface area contributed by atoms with E-state index in [0.717, 1.165) is 31.2 Å². The zero-order valence-electron chi connectivity index (χ0n) is 17.2. The molecule has 31 heavy (non-hydrogen) atoms. The van der Waals surface area contributed by atoms with Gasteiger partial charge in [0.15, 0.2) is 0 Å². The van der Waals surface area contributed by atoms with Gasteiger partial charge in [0.2, 0.25) is 5.91 Å². The monoisotopic (exact) mass is 416 g/mol. The molecular formula is C26H25FN2O2. The van der Waals surface area contributed by atoms with Crippen LogP contribution >= 0.6 is 0 Å². The lowest BCUT2D eigenvalue weighted by Crippen LogP contribution is -2.35. The van der Waals surface area contributed by atoms with Crippen LogP contribution in [0.3, 0.4) is 0 Å². The molecule has 0 spiro atoms. The minimum atomic E-state index is -0.558. The van der Waals surface area contributed by atoms with Crippen LogP contribution in [-0.4, -0.2) is 18.4 Å². The average molecular weight is 416 g/mol. The fraction of sp³-hybridized carbons (Fsp3) is 0.231. The number of carbonyl (C=O) groups is 2. The normalized spacial score (nSPS) is 14.0. The summed E-state index contributed by atoms with van der Waals surface area (Å²) in [5, 5.41) is 5.78. The summed E-state index contributed by atoms with van der Waals surface area (Å²) in [4.78, 5) is 25.1. The Hall–Kier alpha value is -3.47. The van der Waals surface area contributed by atoms with Gasteiger partial charge in [-0.2, -0.15) is 0 Å². The summed E-state index contributed by atoms with van der Waals surface area (Å²) in [6.07, 6.45) is 3.47. The van der Waals surface area contributed by atoms with Crippen molar-refractivity contribution in [2.75, 3.05) is 11.9 Å². The van der Waals surface area contributed by atoms with E-state index < -0.39 is 17.1 Å². The highest BCUT2D eigenvalue weighted by Crippen LogP contribution is 2.48. The Kier molecular flexibility index (Phi) is 6.12. The van der Waals surface area contributed by atoms with E-state index >= 15 is 0 Å². The fourth-order valence-electron chi connectivity index (χ4n) is 3.80. The Morgan fingerprint density at radius 1 is 0.871 bits per heavy atom. The molecule has 0 saturated heterocycles. The van der Waals surface area contributed by atoms with Crippen molar-refractivity contribution in [3.8, 4) is 0 Å². The molecule has 0 radical (unpaired) electrons.